The van der Waals surface area contributed by atoms with Gasteiger partial charge in [-0.3, -0.25) is 9.55 Å². The topological polar surface area (TPSA) is 56.7 Å². The number of terminal acetylenes is 1. The quantitative estimate of drug-likeness (QED) is 0.195. The van der Waals surface area contributed by atoms with E-state index in [4.69, 9.17) is 25.8 Å². The first kappa shape index (κ1) is 24.8. The van der Waals surface area contributed by atoms with Gasteiger partial charge in [0.25, 0.3) is 0 Å². The Hall–Kier alpha value is -5.77. The first-order valence-electron chi connectivity index (χ1n) is 14.3. The van der Waals surface area contributed by atoms with Crippen LogP contribution in [0, 0.1) is 19.3 Å². The molecule has 0 aliphatic carbocycles. The van der Waals surface area contributed by atoms with Crippen LogP contribution in [0.1, 0.15) is 11.1 Å². The van der Waals surface area contributed by atoms with E-state index in [1.54, 1.807) is 17.4 Å². The third-order valence-corrected chi connectivity index (χ3v) is 9.58. The Morgan fingerprint density at radius 2 is 1.64 bits per heavy atom. The highest BCUT2D eigenvalue weighted by molar-refractivity contribution is 7.26. The van der Waals surface area contributed by atoms with E-state index in [1.807, 2.05) is 54.7 Å². The molecule has 5 heterocycles. The summed E-state index contributed by atoms with van der Waals surface area (Å²) in [6, 6.07) is 30.9. The number of aromatic nitrogens is 4. The van der Waals surface area contributed by atoms with Crippen molar-refractivity contribution in [2.75, 3.05) is 0 Å². The Labute approximate surface area is 255 Å². The number of furan rings is 1. The van der Waals surface area contributed by atoms with Gasteiger partial charge in [-0.25, -0.2) is 4.98 Å². The molecule has 9 rings (SSSR count). The number of allylic oxidation sites excluding steroid dienone is 1. The number of rotatable bonds is 3. The molecular formula is C38H22N4OS. The Morgan fingerprint density at radius 1 is 0.841 bits per heavy atom. The van der Waals surface area contributed by atoms with Crippen LogP contribution in [-0.4, -0.2) is 19.5 Å². The summed E-state index contributed by atoms with van der Waals surface area (Å²) < 4.78 is 10.9. The zero-order chi connectivity index (χ0) is 29.4. The third kappa shape index (κ3) is 3.39. The van der Waals surface area contributed by atoms with Gasteiger partial charge >= 0.3 is 0 Å². The molecule has 0 saturated heterocycles. The predicted molar refractivity (Wildman–Crippen MR) is 182 cm³/mol. The van der Waals surface area contributed by atoms with Gasteiger partial charge in [0.2, 0.25) is 11.7 Å². The lowest BCUT2D eigenvalue weighted by atomic mass is 9.97. The number of hydrogen-bond acceptors (Lipinski definition) is 5. The van der Waals surface area contributed by atoms with E-state index in [-0.39, 0.29) is 0 Å². The summed E-state index contributed by atoms with van der Waals surface area (Å²) in [5.74, 6) is 3.22. The van der Waals surface area contributed by atoms with Crippen molar-refractivity contribution in [1.82, 2.24) is 19.5 Å². The van der Waals surface area contributed by atoms with Gasteiger partial charge < -0.3 is 4.42 Å². The maximum absolute atomic E-state index is 6.40. The molecular weight excluding hydrogens is 561 g/mol. The lowest BCUT2D eigenvalue weighted by Crippen LogP contribution is -2.03. The van der Waals surface area contributed by atoms with E-state index in [1.165, 1.54) is 21.0 Å². The first-order chi connectivity index (χ1) is 21.7. The summed E-state index contributed by atoms with van der Waals surface area (Å²) in [5, 5.41) is 5.33. The first-order valence-corrected chi connectivity index (χ1v) is 15.2. The summed E-state index contributed by atoms with van der Waals surface area (Å²) in [5.41, 5.74) is 8.14. The minimum atomic E-state index is 0.526. The van der Waals surface area contributed by atoms with Crippen molar-refractivity contribution in [3.8, 4) is 29.5 Å². The van der Waals surface area contributed by atoms with Crippen molar-refractivity contribution in [2.45, 2.75) is 6.92 Å². The SMILES string of the molecule is C#C/C=C\c1c(C)c2c3ccccc3sc2c2c1c1ncccc1n2-c1nc(-c2ccccc2)c2c(n1)oc1ccccc12. The number of fused-ring (bicyclic) bond motifs is 10. The van der Waals surface area contributed by atoms with Crippen LogP contribution in [0.5, 0.6) is 0 Å². The average molecular weight is 583 g/mol. The highest BCUT2D eigenvalue weighted by Gasteiger charge is 2.26. The molecule has 0 spiro atoms. The fourth-order valence-corrected chi connectivity index (χ4v) is 7.86. The molecule has 0 atom stereocenters. The molecule has 0 bridgehead atoms. The van der Waals surface area contributed by atoms with Gasteiger partial charge in [0.15, 0.2) is 0 Å². The highest BCUT2D eigenvalue weighted by Crippen LogP contribution is 2.46. The van der Waals surface area contributed by atoms with Crippen LogP contribution in [0.2, 0.25) is 0 Å². The molecule has 5 nitrogen and oxygen atoms in total. The van der Waals surface area contributed by atoms with Crippen molar-refractivity contribution >= 4 is 81.6 Å². The van der Waals surface area contributed by atoms with E-state index in [0.717, 1.165) is 59.8 Å². The molecule has 0 N–H and O–H groups in total. The van der Waals surface area contributed by atoms with Crippen LogP contribution in [0.4, 0.5) is 0 Å². The smallest absolute Gasteiger partial charge is 0.238 e. The predicted octanol–water partition coefficient (Wildman–Crippen LogP) is 9.86. The molecule has 9 aromatic rings. The van der Waals surface area contributed by atoms with Crippen molar-refractivity contribution in [2.24, 2.45) is 0 Å². The number of para-hydroxylation sites is 1. The number of hydrogen-bond donors (Lipinski definition) is 0. The molecule has 0 aliphatic heterocycles. The van der Waals surface area contributed by atoms with Gasteiger partial charge in [0.05, 0.1) is 32.3 Å². The van der Waals surface area contributed by atoms with Gasteiger partial charge in [-0.1, -0.05) is 72.7 Å². The second kappa shape index (κ2) is 9.37. The molecule has 0 aliphatic rings. The fourth-order valence-electron chi connectivity index (χ4n) is 6.56. The van der Waals surface area contributed by atoms with Gasteiger partial charge in [-0.2, -0.15) is 4.98 Å². The number of aryl methyl sites for hydroxylation is 1. The molecule has 0 saturated carbocycles. The zero-order valence-electron chi connectivity index (χ0n) is 23.6. The van der Waals surface area contributed by atoms with E-state index in [2.05, 4.69) is 65.9 Å². The Kier molecular flexibility index (Phi) is 5.28. The van der Waals surface area contributed by atoms with Crippen LogP contribution in [0.3, 0.4) is 0 Å². The maximum Gasteiger partial charge on any atom is 0.238 e. The van der Waals surface area contributed by atoms with E-state index >= 15 is 0 Å². The summed E-state index contributed by atoms with van der Waals surface area (Å²) >= 11 is 1.78. The number of pyridine rings is 1. The largest absolute Gasteiger partial charge is 0.437 e. The minimum absolute atomic E-state index is 0.526. The third-order valence-electron chi connectivity index (χ3n) is 8.40. The maximum atomic E-state index is 6.40. The normalized spacial score (nSPS) is 12.1. The Morgan fingerprint density at radius 3 is 2.50 bits per heavy atom. The van der Waals surface area contributed by atoms with Crippen molar-refractivity contribution in [3.05, 3.63) is 114 Å². The van der Waals surface area contributed by atoms with E-state index < -0.39 is 0 Å². The second-order valence-electron chi connectivity index (χ2n) is 10.8. The van der Waals surface area contributed by atoms with Crippen LogP contribution in [-0.2, 0) is 0 Å². The molecule has 0 unspecified atom stereocenters. The van der Waals surface area contributed by atoms with Crippen LogP contribution < -0.4 is 0 Å². The monoisotopic (exact) mass is 582 g/mol. The van der Waals surface area contributed by atoms with E-state index in [0.29, 0.717) is 11.7 Å². The number of thiophene rings is 1. The summed E-state index contributed by atoms with van der Waals surface area (Å²) in [4.78, 5) is 15.4. The van der Waals surface area contributed by atoms with Gasteiger partial charge in [0, 0.05) is 38.0 Å². The van der Waals surface area contributed by atoms with Gasteiger partial charge in [-0.15, -0.1) is 17.8 Å². The average Bonchev–Trinajstić information content (AvgIpc) is 3.74. The fraction of sp³-hybridized carbons (Fsp3) is 0.0263. The van der Waals surface area contributed by atoms with E-state index in [9.17, 15) is 0 Å². The molecule has 0 radical (unpaired) electrons. The van der Waals surface area contributed by atoms with Crippen LogP contribution in [0.25, 0.3) is 87.5 Å². The molecule has 6 heteroatoms. The summed E-state index contributed by atoms with van der Waals surface area (Å²) in [6.45, 7) is 2.17. The lowest BCUT2D eigenvalue weighted by molar-refractivity contribution is 0.651. The Balaban J connectivity index is 1.52. The Bertz CT molecular complexity index is 2690. The second-order valence-corrected chi connectivity index (χ2v) is 11.8. The number of benzene rings is 4. The molecule has 206 valence electrons. The van der Waals surface area contributed by atoms with Crippen LogP contribution in [0.15, 0.2) is 108 Å². The van der Waals surface area contributed by atoms with Crippen LogP contribution >= 0.6 is 11.3 Å². The van der Waals surface area contributed by atoms with Gasteiger partial charge in [0.1, 0.15) is 5.58 Å². The summed E-state index contributed by atoms with van der Waals surface area (Å²) in [7, 11) is 0. The van der Waals surface area contributed by atoms with Crippen molar-refractivity contribution in [1.29, 1.82) is 0 Å². The summed E-state index contributed by atoms with van der Waals surface area (Å²) in [6.07, 6.45) is 11.4. The lowest BCUT2D eigenvalue weighted by Gasteiger charge is -2.11. The molecule has 5 aromatic heterocycles. The molecule has 0 fully saturated rings. The van der Waals surface area contributed by atoms with Crippen molar-refractivity contribution < 1.29 is 4.42 Å². The minimum Gasteiger partial charge on any atom is -0.437 e. The molecule has 0 amide bonds. The van der Waals surface area contributed by atoms with Crippen molar-refractivity contribution in [3.63, 3.8) is 0 Å². The number of nitrogens with zero attached hydrogens (tertiary/aromatic N) is 4. The molecule has 4 aromatic carbocycles. The standard InChI is InChI=1S/C38H22N4OS/c1-3-4-15-24-22(2)30-26-17-9-11-20-29(26)44-36(30)35-31(24)34-27(18-12-21-39-34)42(35)38-40-33(23-13-6-5-7-14-23)32-25-16-8-10-19-28(25)43-37(32)41-38/h1,4-21H,2H3/b15-4-. The zero-order valence-corrected chi connectivity index (χ0v) is 24.4. The molecule has 44 heavy (non-hydrogen) atoms. The van der Waals surface area contributed by atoms with Gasteiger partial charge in [-0.05, 0) is 54.5 Å². The highest BCUT2D eigenvalue weighted by atomic mass is 32.1.